The first-order chi connectivity index (χ1) is 42.4. The number of amides is 2. The van der Waals surface area contributed by atoms with Crippen molar-refractivity contribution in [1.82, 2.24) is 30.6 Å². The van der Waals surface area contributed by atoms with E-state index in [1.165, 1.54) is 44.5 Å². The van der Waals surface area contributed by atoms with Gasteiger partial charge in [0.1, 0.15) is 0 Å². The minimum Gasteiger partial charge on any atom is -0.356 e. The van der Waals surface area contributed by atoms with E-state index in [0.29, 0.717) is 30.1 Å². The highest BCUT2D eigenvalue weighted by molar-refractivity contribution is 6.04. The first kappa shape index (κ1) is 68.8. The zero-order valence-electron chi connectivity index (χ0n) is 60.7. The second kappa shape index (κ2) is 24.7. The van der Waals surface area contributed by atoms with Gasteiger partial charge in [-0.05, 0) is 165 Å². The van der Waals surface area contributed by atoms with Crippen molar-refractivity contribution >= 4 is 57.8 Å². The van der Waals surface area contributed by atoms with Gasteiger partial charge in [0, 0.05) is 63.7 Å². The lowest BCUT2D eigenvalue weighted by molar-refractivity contribution is -0.121. The number of hydrogen-bond acceptors (Lipinski definition) is 4. The SMILES string of the molecule is CCCNC(=O)CCCC(=O)NC1=Cc2nc1c(-c1cc(C(C)(C)C)cc(C(C)(C)C)c1)c1ccc([nH]1)c(-c1cc(C(C)(C)C)cc(C(C)(C)C)c1)c1nc(c(-c3cc(C(C)(C)C)cc(C(C)(C)C)c3)c3ccc([nH]3)c2-c2cc(C(C)(C)C)cc(C(C)(C)C)c2)C=C1. The van der Waals surface area contributed by atoms with Crippen LogP contribution in [0.2, 0.25) is 0 Å². The number of hydrogen-bond donors (Lipinski definition) is 4. The molecule has 0 unspecified atom stereocenters. The highest BCUT2D eigenvalue weighted by Gasteiger charge is 2.31. The van der Waals surface area contributed by atoms with E-state index in [-0.39, 0.29) is 68.0 Å². The molecule has 3 aromatic heterocycles. The summed E-state index contributed by atoms with van der Waals surface area (Å²) in [5.41, 5.74) is 23.3. The highest BCUT2D eigenvalue weighted by Crippen LogP contribution is 2.46. The summed E-state index contributed by atoms with van der Waals surface area (Å²) < 4.78 is 0. The molecule has 0 spiro atoms. The van der Waals surface area contributed by atoms with Crippen LogP contribution in [0.25, 0.3) is 90.5 Å². The van der Waals surface area contributed by atoms with Gasteiger partial charge < -0.3 is 20.6 Å². The van der Waals surface area contributed by atoms with Crippen molar-refractivity contribution in [3.05, 3.63) is 164 Å². The number of carbonyl (C=O) groups is 2. The fraction of sp³-hybridized carbons (Fsp3) is 0.452. The largest absolute Gasteiger partial charge is 0.356 e. The first-order valence-electron chi connectivity index (χ1n) is 33.8. The molecule has 5 heterocycles. The zero-order chi connectivity index (χ0) is 67.8. The second-order valence-electron chi connectivity index (χ2n) is 34.6. The fourth-order valence-electron chi connectivity index (χ4n) is 12.1. The third-order valence-electron chi connectivity index (χ3n) is 18.3. The van der Waals surface area contributed by atoms with E-state index in [1.54, 1.807) is 0 Å². The topological polar surface area (TPSA) is 116 Å². The lowest BCUT2D eigenvalue weighted by Crippen LogP contribution is -2.25. The van der Waals surface area contributed by atoms with Crippen LogP contribution >= 0.6 is 0 Å². The number of nitrogens with zero attached hydrogens (tertiary/aromatic N) is 2. The molecular formula is C84H108N6O2. The molecule has 0 saturated carbocycles. The molecule has 2 aliphatic rings. The minimum absolute atomic E-state index is 0.0502. The molecule has 8 heteroatoms. The number of nitrogens with one attached hydrogen (secondary N) is 4. The highest BCUT2D eigenvalue weighted by atomic mass is 16.2. The van der Waals surface area contributed by atoms with Gasteiger partial charge in [0.25, 0.3) is 0 Å². The Morgan fingerprint density at radius 1 is 0.370 bits per heavy atom. The average Bonchev–Trinajstić information content (AvgIpc) is 1.58. The fourth-order valence-corrected chi connectivity index (χ4v) is 12.1. The number of fused-ring (bicyclic) bond motifs is 8. The Hall–Kier alpha value is -7.58. The van der Waals surface area contributed by atoms with Gasteiger partial charge in [-0.3, -0.25) is 9.59 Å². The monoisotopic (exact) mass is 1230 g/mol. The molecule has 92 heavy (non-hydrogen) atoms. The van der Waals surface area contributed by atoms with Crippen LogP contribution < -0.4 is 10.6 Å². The van der Waals surface area contributed by atoms with Crippen molar-refractivity contribution in [2.24, 2.45) is 0 Å². The van der Waals surface area contributed by atoms with Gasteiger partial charge >= 0.3 is 0 Å². The van der Waals surface area contributed by atoms with Crippen LogP contribution in [-0.2, 0) is 52.9 Å². The summed E-state index contributed by atoms with van der Waals surface area (Å²) in [6.45, 7) is 57.6. The van der Waals surface area contributed by atoms with Gasteiger partial charge in [0.05, 0.1) is 28.5 Å². The third kappa shape index (κ3) is 15.2. The number of benzene rings is 4. The van der Waals surface area contributed by atoms with Crippen LogP contribution in [0.3, 0.4) is 0 Å². The van der Waals surface area contributed by atoms with E-state index in [9.17, 15) is 9.59 Å². The van der Waals surface area contributed by atoms with Crippen molar-refractivity contribution in [1.29, 1.82) is 0 Å². The number of carbonyl (C=O) groups excluding carboxylic acids is 2. The van der Waals surface area contributed by atoms with E-state index < -0.39 is 0 Å². The van der Waals surface area contributed by atoms with Crippen LogP contribution in [0.1, 0.15) is 266 Å². The Labute approximate surface area is 552 Å². The summed E-state index contributed by atoms with van der Waals surface area (Å²) in [6, 6.07) is 37.2. The quantitative estimate of drug-likeness (QED) is 0.103. The maximum absolute atomic E-state index is 14.9. The second-order valence-corrected chi connectivity index (χ2v) is 34.6. The van der Waals surface area contributed by atoms with Gasteiger partial charge in [0.15, 0.2) is 0 Å². The molecule has 8 bridgehead atoms. The summed E-state index contributed by atoms with van der Waals surface area (Å²) in [7, 11) is 0. The third-order valence-corrected chi connectivity index (χ3v) is 18.3. The molecule has 0 atom stereocenters. The number of aromatic amines is 2. The summed E-state index contributed by atoms with van der Waals surface area (Å²) in [6.07, 6.45) is 8.17. The van der Waals surface area contributed by atoms with E-state index in [4.69, 9.17) is 9.97 Å². The molecule has 0 fully saturated rings. The molecule has 486 valence electrons. The summed E-state index contributed by atoms with van der Waals surface area (Å²) in [4.78, 5) is 48.0. The lowest BCUT2D eigenvalue weighted by Gasteiger charge is -2.26. The van der Waals surface area contributed by atoms with Crippen LogP contribution in [-0.4, -0.2) is 38.3 Å². The van der Waals surface area contributed by atoms with Crippen molar-refractivity contribution in [3.63, 3.8) is 0 Å². The number of H-pyrrole nitrogens is 2. The normalized spacial score (nSPS) is 13.6. The van der Waals surface area contributed by atoms with Gasteiger partial charge in [0.2, 0.25) is 11.8 Å². The summed E-state index contributed by atoms with van der Waals surface area (Å²) >= 11 is 0. The molecule has 2 amide bonds. The molecule has 0 radical (unpaired) electrons. The van der Waals surface area contributed by atoms with Crippen molar-refractivity contribution in [2.45, 2.75) is 242 Å². The molecule has 4 aromatic carbocycles. The molecule has 8 nitrogen and oxygen atoms in total. The molecule has 9 rings (SSSR count). The van der Waals surface area contributed by atoms with Gasteiger partial charge in [-0.2, -0.15) is 0 Å². The summed E-state index contributed by atoms with van der Waals surface area (Å²) in [5, 5.41) is 6.47. The number of aromatic nitrogens is 4. The molecule has 0 aliphatic carbocycles. The molecule has 4 N–H and O–H groups in total. The predicted octanol–water partition coefficient (Wildman–Crippen LogP) is 21.8. The number of rotatable bonds is 11. The van der Waals surface area contributed by atoms with Crippen molar-refractivity contribution in [2.75, 3.05) is 6.54 Å². The van der Waals surface area contributed by atoms with Crippen molar-refractivity contribution < 1.29 is 9.59 Å². The van der Waals surface area contributed by atoms with E-state index in [0.717, 1.165) is 84.4 Å². The Bertz CT molecular complexity index is 4120. The van der Waals surface area contributed by atoms with Crippen LogP contribution in [0, 0.1) is 0 Å². The summed E-state index contributed by atoms with van der Waals surface area (Å²) in [5.74, 6) is -0.239. The maximum Gasteiger partial charge on any atom is 0.224 e. The molecular weight excluding hydrogens is 1120 g/mol. The first-order valence-corrected chi connectivity index (χ1v) is 33.8. The van der Waals surface area contributed by atoms with Gasteiger partial charge in [-0.15, -0.1) is 0 Å². The Kier molecular flexibility index (Phi) is 18.5. The zero-order valence-corrected chi connectivity index (χ0v) is 60.7. The lowest BCUT2D eigenvalue weighted by atomic mass is 9.78. The van der Waals surface area contributed by atoms with Gasteiger partial charge in [-0.25, -0.2) is 9.97 Å². The van der Waals surface area contributed by atoms with Crippen LogP contribution in [0.4, 0.5) is 0 Å². The van der Waals surface area contributed by atoms with E-state index in [1.807, 2.05) is 6.92 Å². The Morgan fingerprint density at radius 3 is 0.957 bits per heavy atom. The van der Waals surface area contributed by atoms with E-state index in [2.05, 4.69) is 302 Å². The molecule has 7 aromatic rings. The Morgan fingerprint density at radius 2 is 0.652 bits per heavy atom. The standard InChI is InChI=1S/C84H108N6O2/c1-26-36-85-70(91)28-27-29-71(92)89-69-49-68-74(52-41-58(81(14,15)16)47-59(42-52)82(17,18)19)66-33-32-64(87-66)72(50-37-54(77(2,3)4)45-55(38-50)78(5,6)7)62-30-31-63(86-62)73(51-39-56(79(8,9)10)46-57(40-51)80(11,12)13)65-34-35-67(88-65)75(76(69)90-68)53-43-60(83(20,21)22)48-61(44-53)84(23,24)25/h30-35,37-49,87-88H,26-29,36H2,1-25H3,(H,85,91)(H,89,92). The maximum atomic E-state index is 14.9. The van der Waals surface area contributed by atoms with Crippen LogP contribution in [0.15, 0.2) is 97.1 Å². The molecule has 2 aliphatic heterocycles. The smallest absolute Gasteiger partial charge is 0.224 e. The van der Waals surface area contributed by atoms with E-state index >= 15 is 0 Å². The predicted molar refractivity (Wildman–Crippen MR) is 394 cm³/mol. The van der Waals surface area contributed by atoms with Gasteiger partial charge in [-0.1, -0.05) is 246 Å². The van der Waals surface area contributed by atoms with Crippen LogP contribution in [0.5, 0.6) is 0 Å². The Balaban J connectivity index is 1.57. The average molecular weight is 1230 g/mol. The van der Waals surface area contributed by atoms with Crippen molar-refractivity contribution in [3.8, 4) is 44.5 Å². The molecule has 0 saturated heterocycles. The minimum atomic E-state index is -0.223.